The summed E-state index contributed by atoms with van der Waals surface area (Å²) in [5, 5.41) is 4.87. The van der Waals surface area contributed by atoms with Crippen LogP contribution in [0.5, 0.6) is 11.5 Å². The molecule has 152 valence electrons. The highest BCUT2D eigenvalue weighted by molar-refractivity contribution is 5.67. The summed E-state index contributed by atoms with van der Waals surface area (Å²) in [7, 11) is 1.66. The second kappa shape index (κ2) is 8.29. The summed E-state index contributed by atoms with van der Waals surface area (Å²) in [5.41, 5.74) is 6.70. The molecule has 0 radical (unpaired) electrons. The maximum Gasteiger partial charge on any atom is 0.200 e. The minimum atomic E-state index is -0.214. The topological polar surface area (TPSA) is 45.5 Å². The van der Waals surface area contributed by atoms with Crippen LogP contribution in [0.1, 0.15) is 36.6 Å². The van der Waals surface area contributed by atoms with Crippen LogP contribution >= 0.6 is 0 Å². The minimum absolute atomic E-state index is 0.214. The molecule has 2 heterocycles. The quantitative estimate of drug-likeness (QED) is 0.575. The minimum Gasteiger partial charge on any atom is -0.493 e. The first-order valence-electron chi connectivity index (χ1n) is 10.2. The Kier molecular flexibility index (Phi) is 5.58. The molecule has 1 aliphatic heterocycles. The highest BCUT2D eigenvalue weighted by atomic mass is 16.7. The first kappa shape index (κ1) is 19.5. The first-order valence-corrected chi connectivity index (χ1v) is 10.2. The van der Waals surface area contributed by atoms with Crippen molar-refractivity contribution in [3.63, 3.8) is 0 Å². The molecular formula is C24H28N2O3. The average Bonchev–Trinajstić information content (AvgIpc) is 3.40. The monoisotopic (exact) mass is 392 g/mol. The molecule has 2 aromatic carbocycles. The molecule has 1 aliphatic rings. The predicted molar refractivity (Wildman–Crippen MR) is 114 cm³/mol. The van der Waals surface area contributed by atoms with E-state index in [9.17, 15) is 0 Å². The summed E-state index contributed by atoms with van der Waals surface area (Å²) in [6.07, 6.45) is 2.58. The second-order valence-electron chi connectivity index (χ2n) is 7.43. The molecule has 0 N–H and O–H groups in total. The molecule has 1 aromatic heterocycles. The first-order chi connectivity index (χ1) is 14.1. The Balaban J connectivity index is 1.80. The molecule has 29 heavy (non-hydrogen) atoms. The Morgan fingerprint density at radius 3 is 2.72 bits per heavy atom. The number of hydrogen-bond donors (Lipinski definition) is 0. The largest absolute Gasteiger partial charge is 0.493 e. The Morgan fingerprint density at radius 2 is 2.00 bits per heavy atom. The summed E-state index contributed by atoms with van der Waals surface area (Å²) >= 11 is 0. The lowest BCUT2D eigenvalue weighted by molar-refractivity contribution is -0.0402. The maximum atomic E-state index is 6.10. The number of nitrogens with zero attached hydrogens (tertiary/aromatic N) is 2. The summed E-state index contributed by atoms with van der Waals surface area (Å²) in [6, 6.07) is 14.5. The standard InChI is InChI=1S/C24H28N2O3/c1-5-19-15-21(26(25-19)20-9-6-8-16(2)17(20)3)18-11-12-22(27-4)23(14-18)29-24-10-7-13-28-24/h6,8-9,11-12,14-15,24H,5,7,10,13H2,1-4H3. The molecule has 0 aliphatic carbocycles. The van der Waals surface area contributed by atoms with Crippen LogP contribution in [0.25, 0.3) is 16.9 Å². The third kappa shape index (κ3) is 3.87. The van der Waals surface area contributed by atoms with Gasteiger partial charge in [0.05, 0.1) is 30.8 Å². The van der Waals surface area contributed by atoms with Gasteiger partial charge in [-0.15, -0.1) is 0 Å². The number of aromatic nitrogens is 2. The van der Waals surface area contributed by atoms with Gasteiger partial charge in [-0.25, -0.2) is 4.68 Å². The fraction of sp³-hybridized carbons (Fsp3) is 0.375. The zero-order chi connectivity index (χ0) is 20.4. The third-order valence-electron chi connectivity index (χ3n) is 5.53. The fourth-order valence-electron chi connectivity index (χ4n) is 3.67. The fourth-order valence-corrected chi connectivity index (χ4v) is 3.67. The highest BCUT2D eigenvalue weighted by Gasteiger charge is 2.21. The summed E-state index contributed by atoms with van der Waals surface area (Å²) < 4.78 is 19.3. The van der Waals surface area contributed by atoms with Gasteiger partial charge in [0.1, 0.15) is 0 Å². The lowest BCUT2D eigenvalue weighted by Crippen LogP contribution is -2.14. The van der Waals surface area contributed by atoms with Crippen LogP contribution in [0.4, 0.5) is 0 Å². The number of ether oxygens (including phenoxy) is 3. The van der Waals surface area contributed by atoms with Crippen molar-refractivity contribution in [3.8, 4) is 28.4 Å². The van der Waals surface area contributed by atoms with E-state index in [1.54, 1.807) is 7.11 Å². The summed E-state index contributed by atoms with van der Waals surface area (Å²) in [4.78, 5) is 0. The van der Waals surface area contributed by atoms with E-state index in [0.29, 0.717) is 11.5 Å². The van der Waals surface area contributed by atoms with Gasteiger partial charge >= 0.3 is 0 Å². The molecule has 0 spiro atoms. The summed E-state index contributed by atoms with van der Waals surface area (Å²) in [6.45, 7) is 7.14. The van der Waals surface area contributed by atoms with Gasteiger partial charge in [0.15, 0.2) is 17.8 Å². The molecule has 5 heteroatoms. The van der Waals surface area contributed by atoms with Crippen molar-refractivity contribution in [2.24, 2.45) is 0 Å². The van der Waals surface area contributed by atoms with Crippen molar-refractivity contribution in [1.29, 1.82) is 0 Å². The Morgan fingerprint density at radius 1 is 1.14 bits per heavy atom. The number of benzene rings is 2. The molecule has 0 amide bonds. The SMILES string of the molecule is CCc1cc(-c2ccc(OC)c(OC3CCCO3)c2)n(-c2cccc(C)c2C)n1. The molecule has 1 atom stereocenters. The van der Waals surface area contributed by atoms with Crippen LogP contribution in [-0.2, 0) is 11.2 Å². The Labute approximate surface area is 172 Å². The smallest absolute Gasteiger partial charge is 0.200 e. The average molecular weight is 392 g/mol. The molecular weight excluding hydrogens is 364 g/mol. The lowest BCUT2D eigenvalue weighted by Gasteiger charge is -2.17. The highest BCUT2D eigenvalue weighted by Crippen LogP contribution is 2.36. The van der Waals surface area contributed by atoms with Crippen molar-refractivity contribution in [2.45, 2.75) is 46.3 Å². The third-order valence-corrected chi connectivity index (χ3v) is 5.53. The van der Waals surface area contributed by atoms with Crippen molar-refractivity contribution in [3.05, 3.63) is 59.3 Å². The van der Waals surface area contributed by atoms with Crippen molar-refractivity contribution in [2.75, 3.05) is 13.7 Å². The van der Waals surface area contributed by atoms with Gasteiger partial charge in [-0.2, -0.15) is 5.10 Å². The number of hydrogen-bond acceptors (Lipinski definition) is 4. The molecule has 4 rings (SSSR count). The molecule has 1 fully saturated rings. The molecule has 5 nitrogen and oxygen atoms in total. The van der Waals surface area contributed by atoms with E-state index in [1.165, 1.54) is 11.1 Å². The van der Waals surface area contributed by atoms with Gasteiger partial charge in [-0.3, -0.25) is 0 Å². The van der Waals surface area contributed by atoms with Crippen LogP contribution in [0.2, 0.25) is 0 Å². The van der Waals surface area contributed by atoms with Crippen LogP contribution in [0.15, 0.2) is 42.5 Å². The van der Waals surface area contributed by atoms with E-state index in [0.717, 1.165) is 48.5 Å². The summed E-state index contributed by atoms with van der Waals surface area (Å²) in [5.74, 6) is 1.40. The van der Waals surface area contributed by atoms with Gasteiger partial charge in [0.25, 0.3) is 0 Å². The van der Waals surface area contributed by atoms with E-state index in [2.05, 4.69) is 51.1 Å². The Hall–Kier alpha value is -2.79. The zero-order valence-corrected chi connectivity index (χ0v) is 17.6. The van der Waals surface area contributed by atoms with E-state index >= 15 is 0 Å². The van der Waals surface area contributed by atoms with Crippen LogP contribution in [0, 0.1) is 13.8 Å². The maximum absolute atomic E-state index is 6.10. The second-order valence-corrected chi connectivity index (χ2v) is 7.43. The van der Waals surface area contributed by atoms with Crippen molar-refractivity contribution in [1.82, 2.24) is 9.78 Å². The van der Waals surface area contributed by atoms with E-state index < -0.39 is 0 Å². The van der Waals surface area contributed by atoms with Gasteiger partial charge in [0.2, 0.25) is 0 Å². The zero-order valence-electron chi connectivity index (χ0n) is 17.6. The normalized spacial score (nSPS) is 16.2. The molecule has 0 bridgehead atoms. The molecule has 3 aromatic rings. The Bertz CT molecular complexity index is 1000. The number of methoxy groups -OCH3 is 1. The van der Waals surface area contributed by atoms with Crippen LogP contribution in [-0.4, -0.2) is 29.8 Å². The van der Waals surface area contributed by atoms with Crippen molar-refractivity contribution < 1.29 is 14.2 Å². The van der Waals surface area contributed by atoms with E-state index in [4.69, 9.17) is 19.3 Å². The van der Waals surface area contributed by atoms with Gasteiger partial charge in [-0.1, -0.05) is 19.1 Å². The van der Waals surface area contributed by atoms with Crippen molar-refractivity contribution >= 4 is 0 Å². The van der Waals surface area contributed by atoms with Gasteiger partial charge < -0.3 is 14.2 Å². The molecule has 1 unspecified atom stereocenters. The van der Waals surface area contributed by atoms with E-state index in [-0.39, 0.29) is 6.29 Å². The van der Waals surface area contributed by atoms with E-state index in [1.807, 2.05) is 16.8 Å². The van der Waals surface area contributed by atoms with Gasteiger partial charge in [-0.05, 0) is 68.1 Å². The van der Waals surface area contributed by atoms with Crippen LogP contribution < -0.4 is 9.47 Å². The predicted octanol–water partition coefficient (Wildman–Crippen LogP) is 5.24. The van der Waals surface area contributed by atoms with Crippen LogP contribution in [0.3, 0.4) is 0 Å². The van der Waals surface area contributed by atoms with Gasteiger partial charge in [0, 0.05) is 12.0 Å². The molecule has 0 saturated carbocycles. The molecule has 1 saturated heterocycles. The number of aryl methyl sites for hydroxylation is 2. The lowest BCUT2D eigenvalue weighted by atomic mass is 10.1. The number of rotatable bonds is 6.